The van der Waals surface area contributed by atoms with Gasteiger partial charge in [-0.3, -0.25) is 19.8 Å². The average Bonchev–Trinajstić information content (AvgIpc) is 2.90. The molecule has 1 aliphatic rings. The number of amides is 1. The fraction of sp³-hybridized carbons (Fsp3) is 0.214. The third kappa shape index (κ3) is 4.94. The van der Waals surface area contributed by atoms with Gasteiger partial charge in [-0.2, -0.15) is 0 Å². The lowest BCUT2D eigenvalue weighted by molar-refractivity contribution is -0.117. The molecule has 2 heterocycles. The van der Waals surface area contributed by atoms with Crippen molar-refractivity contribution >= 4 is 28.4 Å². The topological polar surface area (TPSA) is 75.0 Å². The first-order valence-electron chi connectivity index (χ1n) is 11.7. The summed E-state index contributed by atoms with van der Waals surface area (Å²) >= 11 is 0. The van der Waals surface area contributed by atoms with Crippen molar-refractivity contribution in [3.05, 3.63) is 88.8 Å². The van der Waals surface area contributed by atoms with Gasteiger partial charge in [-0.25, -0.2) is 4.39 Å². The van der Waals surface area contributed by atoms with E-state index in [-0.39, 0.29) is 35.1 Å². The van der Waals surface area contributed by atoms with E-state index in [1.165, 1.54) is 12.1 Å². The molecule has 0 unspecified atom stereocenters. The minimum absolute atomic E-state index is 0.113. The van der Waals surface area contributed by atoms with E-state index in [9.17, 15) is 14.0 Å². The van der Waals surface area contributed by atoms with Crippen LogP contribution in [0, 0.1) is 5.82 Å². The highest BCUT2D eigenvalue weighted by Crippen LogP contribution is 2.30. The summed E-state index contributed by atoms with van der Waals surface area (Å²) in [4.78, 5) is 30.7. The highest BCUT2D eigenvalue weighted by atomic mass is 19.1. The zero-order chi connectivity index (χ0) is 25.1. The minimum Gasteiger partial charge on any atom is -0.497 e. The van der Waals surface area contributed by atoms with Crippen LogP contribution in [0.4, 0.5) is 16.0 Å². The molecule has 0 saturated carbocycles. The first-order valence-corrected chi connectivity index (χ1v) is 11.7. The van der Waals surface area contributed by atoms with E-state index in [2.05, 4.69) is 10.2 Å². The number of hydrogen-bond donors (Lipinski definition) is 1. The smallest absolute Gasteiger partial charge is 0.240 e. The second-order valence-electron chi connectivity index (χ2n) is 8.65. The second-order valence-corrected chi connectivity index (χ2v) is 8.65. The quantitative estimate of drug-likeness (QED) is 0.436. The van der Waals surface area contributed by atoms with E-state index in [1.807, 2.05) is 4.90 Å². The molecule has 1 N–H and O–H groups in total. The number of nitrogens with one attached hydrogen (secondary N) is 1. The lowest BCUT2D eigenvalue weighted by atomic mass is 10.0. The van der Waals surface area contributed by atoms with Crippen LogP contribution in [0.25, 0.3) is 22.1 Å². The van der Waals surface area contributed by atoms with Crippen LogP contribution in [0.3, 0.4) is 0 Å². The van der Waals surface area contributed by atoms with Gasteiger partial charge in [0.05, 0.1) is 24.6 Å². The molecule has 0 bridgehead atoms. The van der Waals surface area contributed by atoms with Crippen molar-refractivity contribution in [3.8, 4) is 16.9 Å². The Balaban J connectivity index is 1.35. The number of nitrogens with zero attached hydrogens (tertiary/aromatic N) is 2. The van der Waals surface area contributed by atoms with Crippen LogP contribution >= 0.6 is 0 Å². The molecule has 1 amide bonds. The number of anilines is 2. The Morgan fingerprint density at radius 1 is 1.00 bits per heavy atom. The van der Waals surface area contributed by atoms with Gasteiger partial charge in [0.15, 0.2) is 0 Å². The number of rotatable bonds is 6. The summed E-state index contributed by atoms with van der Waals surface area (Å²) < 4.78 is 24.6. The summed E-state index contributed by atoms with van der Waals surface area (Å²) in [7, 11) is 1.56. The molecule has 0 atom stereocenters. The maximum Gasteiger partial charge on any atom is 0.240 e. The zero-order valence-electron chi connectivity index (χ0n) is 19.9. The summed E-state index contributed by atoms with van der Waals surface area (Å²) in [5, 5.41) is 3.27. The Morgan fingerprint density at radius 3 is 2.50 bits per heavy atom. The number of hydrogen-bond acceptors (Lipinski definition) is 6. The van der Waals surface area contributed by atoms with Crippen molar-refractivity contribution in [2.24, 2.45) is 0 Å². The summed E-state index contributed by atoms with van der Waals surface area (Å²) in [5.74, 6) is 0.175. The van der Waals surface area contributed by atoms with Crippen molar-refractivity contribution in [2.45, 2.75) is 0 Å². The summed E-state index contributed by atoms with van der Waals surface area (Å²) in [6, 6.07) is 20.5. The summed E-state index contributed by atoms with van der Waals surface area (Å²) in [6.07, 6.45) is 0. The summed E-state index contributed by atoms with van der Waals surface area (Å²) in [6.45, 7) is 2.95. The number of benzene rings is 3. The van der Waals surface area contributed by atoms with Crippen molar-refractivity contribution in [3.63, 3.8) is 0 Å². The van der Waals surface area contributed by atoms with Gasteiger partial charge in [0, 0.05) is 31.9 Å². The molecule has 8 heteroatoms. The van der Waals surface area contributed by atoms with Crippen LogP contribution in [0.5, 0.6) is 5.75 Å². The molecule has 7 nitrogen and oxygen atoms in total. The van der Waals surface area contributed by atoms with Crippen LogP contribution in [0.15, 0.2) is 82.0 Å². The maximum absolute atomic E-state index is 13.4. The van der Waals surface area contributed by atoms with Crippen molar-refractivity contribution in [1.29, 1.82) is 0 Å². The molecular weight excluding hydrogens is 461 g/mol. The zero-order valence-corrected chi connectivity index (χ0v) is 19.9. The van der Waals surface area contributed by atoms with Gasteiger partial charge in [-0.15, -0.1) is 0 Å². The fourth-order valence-corrected chi connectivity index (χ4v) is 4.46. The van der Waals surface area contributed by atoms with Crippen LogP contribution < -0.4 is 20.4 Å². The third-order valence-electron chi connectivity index (χ3n) is 6.34. The Hall–Kier alpha value is -4.17. The Bertz CT molecular complexity index is 1440. The molecule has 1 fully saturated rings. The van der Waals surface area contributed by atoms with Crippen molar-refractivity contribution in [1.82, 2.24) is 4.90 Å². The predicted octanol–water partition coefficient (Wildman–Crippen LogP) is 4.37. The molecule has 184 valence electrons. The van der Waals surface area contributed by atoms with Gasteiger partial charge < -0.3 is 14.1 Å². The first-order chi connectivity index (χ1) is 17.5. The first kappa shape index (κ1) is 23.6. The third-order valence-corrected chi connectivity index (χ3v) is 6.34. The summed E-state index contributed by atoms with van der Waals surface area (Å²) in [5.41, 5.74) is 2.01. The highest BCUT2D eigenvalue weighted by molar-refractivity contribution is 5.97. The minimum atomic E-state index is -0.271. The fourth-order valence-electron chi connectivity index (χ4n) is 4.46. The van der Waals surface area contributed by atoms with Gasteiger partial charge in [0.25, 0.3) is 0 Å². The number of para-hydroxylation sites is 1. The van der Waals surface area contributed by atoms with Crippen LogP contribution in [-0.2, 0) is 4.79 Å². The average molecular weight is 488 g/mol. The Morgan fingerprint density at radius 2 is 1.75 bits per heavy atom. The van der Waals surface area contributed by atoms with Gasteiger partial charge in [0.2, 0.25) is 17.2 Å². The monoisotopic (exact) mass is 487 g/mol. The number of carbonyl (C=O) groups excluding carboxylic acids is 1. The van der Waals surface area contributed by atoms with Gasteiger partial charge in [-0.05, 0) is 54.1 Å². The largest absolute Gasteiger partial charge is 0.497 e. The Kier molecular flexibility index (Phi) is 6.69. The van der Waals surface area contributed by atoms with Crippen molar-refractivity contribution in [2.75, 3.05) is 50.1 Å². The molecule has 5 rings (SSSR count). The van der Waals surface area contributed by atoms with E-state index in [0.717, 1.165) is 18.8 Å². The van der Waals surface area contributed by atoms with E-state index in [0.29, 0.717) is 35.4 Å². The van der Waals surface area contributed by atoms with E-state index in [4.69, 9.17) is 9.15 Å². The number of ether oxygens (including phenoxy) is 1. The molecule has 1 saturated heterocycles. The van der Waals surface area contributed by atoms with E-state index >= 15 is 0 Å². The molecule has 0 radical (unpaired) electrons. The van der Waals surface area contributed by atoms with E-state index < -0.39 is 0 Å². The number of halogens is 1. The molecule has 0 spiro atoms. The molecular formula is C28H26FN3O4. The molecule has 1 aliphatic heterocycles. The van der Waals surface area contributed by atoms with Crippen LogP contribution in [0.1, 0.15) is 0 Å². The van der Waals surface area contributed by atoms with Crippen molar-refractivity contribution < 1.29 is 18.3 Å². The van der Waals surface area contributed by atoms with Gasteiger partial charge in [0.1, 0.15) is 17.1 Å². The SMILES string of the molecule is COc1cccc(-c2c(NC(=O)CN3CCN(c4ccc(F)cc4)CC3)oc3ccccc3c2=O)c1. The molecule has 3 aromatic carbocycles. The number of carbonyl (C=O) groups is 1. The number of fused-ring (bicyclic) bond motifs is 1. The maximum atomic E-state index is 13.4. The molecule has 0 aliphatic carbocycles. The standard InChI is InChI=1S/C28H26FN3O4/c1-35-22-6-4-5-19(17-22)26-27(34)23-7-2-3-8-24(23)36-28(26)30-25(33)18-31-13-15-32(16-14-31)21-11-9-20(29)10-12-21/h2-12,17H,13-16,18H2,1H3,(H,30,33). The number of piperazine rings is 1. The number of methoxy groups -OCH3 is 1. The molecule has 4 aromatic rings. The van der Waals surface area contributed by atoms with Gasteiger partial charge >= 0.3 is 0 Å². The second kappa shape index (κ2) is 10.2. The highest BCUT2D eigenvalue weighted by Gasteiger charge is 2.22. The lowest BCUT2D eigenvalue weighted by Gasteiger charge is -2.35. The van der Waals surface area contributed by atoms with Crippen LogP contribution in [0.2, 0.25) is 0 Å². The Labute approximate surface area is 207 Å². The van der Waals surface area contributed by atoms with Gasteiger partial charge in [-0.1, -0.05) is 24.3 Å². The predicted molar refractivity (Wildman–Crippen MR) is 138 cm³/mol. The molecule has 36 heavy (non-hydrogen) atoms. The normalized spacial score (nSPS) is 14.1. The van der Waals surface area contributed by atoms with Crippen LogP contribution in [-0.4, -0.2) is 50.6 Å². The molecule has 1 aromatic heterocycles. The lowest BCUT2D eigenvalue weighted by Crippen LogP contribution is -2.48. The van der Waals surface area contributed by atoms with E-state index in [1.54, 1.807) is 67.8 Å².